The van der Waals surface area contributed by atoms with Crippen molar-refractivity contribution in [3.8, 4) is 0 Å². The quantitative estimate of drug-likeness (QED) is 0.302. The van der Waals surface area contributed by atoms with Gasteiger partial charge in [0.15, 0.2) is 0 Å². The Labute approximate surface area is 101 Å². The van der Waals surface area contributed by atoms with Gasteiger partial charge < -0.3 is 34.9 Å². The van der Waals surface area contributed by atoms with Crippen molar-refractivity contribution in [1.82, 2.24) is 0 Å². The summed E-state index contributed by atoms with van der Waals surface area (Å²) in [5.74, 6) is 0. The zero-order valence-corrected chi connectivity index (χ0v) is 9.80. The Kier molecular flexibility index (Phi) is 5.18. The summed E-state index contributed by atoms with van der Waals surface area (Å²) < 4.78 is 31.8. The molecule has 1 aliphatic rings. The second kappa shape index (κ2) is 5.87. The van der Waals surface area contributed by atoms with Gasteiger partial charge in [-0.3, -0.25) is 4.52 Å². The standard InChI is InChI=1S/C7H14FO9P/c8-7-5(12)3(10)4(11)6(17-7)2(9)1-16-18(13,14)15/h2-7,9-12H,1H2,(H2,13,14,15)/t2-,3+,4+,5+,6-,7+/m1/s1. The molecule has 11 heteroatoms. The molecular formula is C7H14FO9P. The summed E-state index contributed by atoms with van der Waals surface area (Å²) in [6.45, 7) is -0.943. The number of hydrogen-bond donors (Lipinski definition) is 6. The van der Waals surface area contributed by atoms with Gasteiger partial charge >= 0.3 is 7.82 Å². The molecule has 1 saturated heterocycles. The van der Waals surface area contributed by atoms with Crippen LogP contribution in [0.15, 0.2) is 0 Å². The number of aliphatic hydroxyl groups is 4. The summed E-state index contributed by atoms with van der Waals surface area (Å²) >= 11 is 0. The van der Waals surface area contributed by atoms with Gasteiger partial charge in [0.05, 0.1) is 6.61 Å². The number of rotatable bonds is 4. The van der Waals surface area contributed by atoms with Gasteiger partial charge in [-0.15, -0.1) is 0 Å². The van der Waals surface area contributed by atoms with Crippen LogP contribution in [0.1, 0.15) is 0 Å². The number of alkyl halides is 1. The minimum atomic E-state index is -4.84. The molecule has 0 radical (unpaired) electrons. The first kappa shape index (κ1) is 15.9. The van der Waals surface area contributed by atoms with E-state index in [9.17, 15) is 24.3 Å². The van der Waals surface area contributed by atoms with Gasteiger partial charge in [0.2, 0.25) is 6.36 Å². The smallest absolute Gasteiger partial charge is 0.388 e. The molecule has 0 spiro atoms. The first-order valence-electron chi connectivity index (χ1n) is 4.85. The number of hydrogen-bond acceptors (Lipinski definition) is 7. The van der Waals surface area contributed by atoms with Crippen molar-refractivity contribution in [2.75, 3.05) is 6.61 Å². The van der Waals surface area contributed by atoms with E-state index in [-0.39, 0.29) is 0 Å². The Balaban J connectivity index is 2.62. The van der Waals surface area contributed by atoms with Crippen LogP contribution < -0.4 is 0 Å². The van der Waals surface area contributed by atoms with Crippen molar-refractivity contribution in [3.63, 3.8) is 0 Å². The predicted molar refractivity (Wildman–Crippen MR) is 51.8 cm³/mol. The van der Waals surface area contributed by atoms with Crippen molar-refractivity contribution in [2.45, 2.75) is 36.9 Å². The lowest BCUT2D eigenvalue weighted by atomic mass is 9.96. The molecule has 0 aromatic rings. The lowest BCUT2D eigenvalue weighted by Gasteiger charge is -2.39. The van der Waals surface area contributed by atoms with Crippen molar-refractivity contribution in [1.29, 1.82) is 0 Å². The third-order valence-electron chi connectivity index (χ3n) is 2.38. The van der Waals surface area contributed by atoms with Crippen LogP contribution >= 0.6 is 7.82 Å². The molecule has 0 aromatic heterocycles. The van der Waals surface area contributed by atoms with Crippen molar-refractivity contribution >= 4 is 7.82 Å². The van der Waals surface area contributed by atoms with Gasteiger partial charge in [-0.05, 0) is 0 Å². The zero-order valence-electron chi connectivity index (χ0n) is 8.90. The Morgan fingerprint density at radius 3 is 2.28 bits per heavy atom. The van der Waals surface area contributed by atoms with Crippen molar-refractivity contribution in [2.24, 2.45) is 0 Å². The average Bonchev–Trinajstić information content (AvgIpc) is 2.27. The summed E-state index contributed by atoms with van der Waals surface area (Å²) in [5.41, 5.74) is 0. The molecule has 0 bridgehead atoms. The van der Waals surface area contributed by atoms with Crippen LogP contribution in [0.2, 0.25) is 0 Å². The summed E-state index contributed by atoms with van der Waals surface area (Å²) in [4.78, 5) is 16.8. The maximum absolute atomic E-state index is 13.0. The third kappa shape index (κ3) is 3.92. The Morgan fingerprint density at radius 2 is 1.78 bits per heavy atom. The lowest BCUT2D eigenvalue weighted by molar-refractivity contribution is -0.276. The van der Waals surface area contributed by atoms with E-state index in [2.05, 4.69) is 9.26 Å². The summed E-state index contributed by atoms with van der Waals surface area (Å²) in [6.07, 6.45) is -11.5. The molecule has 108 valence electrons. The Morgan fingerprint density at radius 1 is 1.22 bits per heavy atom. The second-order valence-corrected chi connectivity index (χ2v) is 5.02. The van der Waals surface area contributed by atoms with Crippen molar-refractivity contribution < 1.29 is 48.4 Å². The average molecular weight is 292 g/mol. The maximum atomic E-state index is 13.0. The molecule has 0 aromatic carbocycles. The van der Waals surface area contributed by atoms with E-state index in [4.69, 9.17) is 14.9 Å². The first-order chi connectivity index (χ1) is 8.13. The molecule has 1 rings (SSSR count). The van der Waals surface area contributed by atoms with Crippen LogP contribution in [-0.4, -0.2) is 73.7 Å². The first-order valence-corrected chi connectivity index (χ1v) is 6.38. The number of phosphoric ester groups is 1. The van der Waals surface area contributed by atoms with Crippen LogP contribution in [0.3, 0.4) is 0 Å². The molecule has 18 heavy (non-hydrogen) atoms. The number of phosphoric acid groups is 1. The van der Waals surface area contributed by atoms with Gasteiger partial charge in [-0.2, -0.15) is 0 Å². The zero-order chi connectivity index (χ0) is 14.1. The number of ether oxygens (including phenoxy) is 1. The molecule has 1 heterocycles. The SMILES string of the molecule is O=P(O)(O)OC[C@@H](O)[C@H]1O[C@H](F)[C@@H](O)[C@@H](O)[C@@H]1O. The summed E-state index contributed by atoms with van der Waals surface area (Å²) in [6, 6.07) is 0. The van der Waals surface area contributed by atoms with E-state index in [1.165, 1.54) is 0 Å². The molecule has 0 amide bonds. The molecule has 1 fully saturated rings. The van der Waals surface area contributed by atoms with E-state index >= 15 is 0 Å². The summed E-state index contributed by atoms with van der Waals surface area (Å²) in [5, 5.41) is 37.1. The van der Waals surface area contributed by atoms with Crippen molar-refractivity contribution in [3.05, 3.63) is 0 Å². The lowest BCUT2D eigenvalue weighted by Crippen LogP contribution is -2.60. The van der Waals surface area contributed by atoms with E-state index in [1.54, 1.807) is 0 Å². The van der Waals surface area contributed by atoms with E-state index in [0.717, 1.165) is 0 Å². The number of halogens is 1. The highest BCUT2D eigenvalue weighted by Gasteiger charge is 2.46. The fourth-order valence-corrected chi connectivity index (χ4v) is 1.80. The van der Waals surface area contributed by atoms with E-state index in [1.807, 2.05) is 0 Å². The fourth-order valence-electron chi connectivity index (χ4n) is 1.45. The Hall–Kier alpha value is -0.160. The predicted octanol–water partition coefficient (Wildman–Crippen LogP) is -2.77. The molecule has 1 aliphatic heterocycles. The molecule has 0 aliphatic carbocycles. The molecule has 6 atom stereocenters. The van der Waals surface area contributed by atoms with Gasteiger partial charge in [-0.25, -0.2) is 8.96 Å². The van der Waals surface area contributed by atoms with E-state index in [0.29, 0.717) is 0 Å². The van der Waals surface area contributed by atoms with Gasteiger partial charge in [0.1, 0.15) is 30.5 Å². The highest BCUT2D eigenvalue weighted by molar-refractivity contribution is 7.46. The highest BCUT2D eigenvalue weighted by Crippen LogP contribution is 2.36. The van der Waals surface area contributed by atoms with E-state index < -0.39 is 51.3 Å². The van der Waals surface area contributed by atoms with Crippen LogP contribution in [0.4, 0.5) is 4.39 Å². The minimum absolute atomic E-state index is 0.943. The minimum Gasteiger partial charge on any atom is -0.388 e. The molecule has 0 saturated carbocycles. The van der Waals surface area contributed by atoms with Gasteiger partial charge in [-0.1, -0.05) is 0 Å². The normalized spacial score (nSPS) is 39.6. The Bertz CT molecular complexity index is 322. The van der Waals surface area contributed by atoms with Crippen LogP contribution in [0, 0.1) is 0 Å². The van der Waals surface area contributed by atoms with Crippen LogP contribution in [0.5, 0.6) is 0 Å². The fraction of sp³-hybridized carbons (Fsp3) is 1.00. The molecule has 9 nitrogen and oxygen atoms in total. The van der Waals surface area contributed by atoms with Gasteiger partial charge in [0.25, 0.3) is 0 Å². The number of aliphatic hydroxyl groups excluding tert-OH is 4. The highest BCUT2D eigenvalue weighted by atomic mass is 31.2. The van der Waals surface area contributed by atoms with Crippen LogP contribution in [-0.2, 0) is 13.8 Å². The van der Waals surface area contributed by atoms with Gasteiger partial charge in [0, 0.05) is 0 Å². The van der Waals surface area contributed by atoms with Crippen LogP contribution in [0.25, 0.3) is 0 Å². The molecule has 6 N–H and O–H groups in total. The second-order valence-electron chi connectivity index (χ2n) is 3.78. The molecule has 0 unspecified atom stereocenters. The largest absolute Gasteiger partial charge is 0.469 e. The molecular weight excluding hydrogens is 278 g/mol. The maximum Gasteiger partial charge on any atom is 0.469 e. The summed E-state index contributed by atoms with van der Waals surface area (Å²) in [7, 11) is -4.84. The monoisotopic (exact) mass is 292 g/mol. The third-order valence-corrected chi connectivity index (χ3v) is 2.87. The topological polar surface area (TPSA) is 157 Å².